The molecule has 0 atom stereocenters. The van der Waals surface area contributed by atoms with Crippen molar-refractivity contribution in [3.05, 3.63) is 29.8 Å². The fraction of sp³-hybridized carbons (Fsp3) is 0.500. The van der Waals surface area contributed by atoms with E-state index < -0.39 is 0 Å². The highest BCUT2D eigenvalue weighted by molar-refractivity contribution is 6.17. The highest BCUT2D eigenvalue weighted by Gasteiger charge is 2.41. The number of carbonyl (C=O) groups excluding carboxylic acids is 2. The number of hydrogen-bond donors (Lipinski definition) is 0. The fourth-order valence-electron chi connectivity index (χ4n) is 3.22. The van der Waals surface area contributed by atoms with E-state index in [4.69, 9.17) is 11.6 Å². The summed E-state index contributed by atoms with van der Waals surface area (Å²) < 4.78 is 0. The lowest BCUT2D eigenvalue weighted by atomic mass is 9.94. The molecule has 1 aromatic rings. The molecule has 1 saturated carbocycles. The van der Waals surface area contributed by atoms with Gasteiger partial charge in [0, 0.05) is 17.6 Å². The van der Waals surface area contributed by atoms with Crippen LogP contribution in [0.15, 0.2) is 24.3 Å². The van der Waals surface area contributed by atoms with Gasteiger partial charge in [-0.15, -0.1) is 11.6 Å². The number of imide groups is 1. The summed E-state index contributed by atoms with van der Waals surface area (Å²) in [5.41, 5.74) is 1.70. The van der Waals surface area contributed by atoms with Crippen molar-refractivity contribution in [2.45, 2.75) is 44.0 Å². The molecule has 1 aliphatic heterocycles. The van der Waals surface area contributed by atoms with Gasteiger partial charge in [-0.05, 0) is 30.5 Å². The standard InChI is InChI=1S/C16H19ClN2O2/c17-10-12-5-4-8-14(9-12)18-11-15(20)19(16(18)21)13-6-2-1-3-7-13/h4-5,8-9,13H,1-3,6-7,10-11H2. The van der Waals surface area contributed by atoms with Crippen molar-refractivity contribution >= 4 is 29.2 Å². The Bertz CT molecular complexity index is 555. The largest absolute Gasteiger partial charge is 0.331 e. The van der Waals surface area contributed by atoms with Crippen molar-refractivity contribution in [1.82, 2.24) is 4.90 Å². The molecule has 3 amide bonds. The molecule has 2 fully saturated rings. The molecule has 21 heavy (non-hydrogen) atoms. The molecule has 1 heterocycles. The Morgan fingerprint density at radius 3 is 2.62 bits per heavy atom. The van der Waals surface area contributed by atoms with E-state index in [0.717, 1.165) is 36.9 Å². The lowest BCUT2D eigenvalue weighted by Gasteiger charge is -2.29. The Balaban J connectivity index is 1.82. The Kier molecular flexibility index (Phi) is 4.15. The lowest BCUT2D eigenvalue weighted by Crippen LogP contribution is -2.42. The van der Waals surface area contributed by atoms with Crippen molar-refractivity contribution < 1.29 is 9.59 Å². The third-order valence-corrected chi connectivity index (χ3v) is 4.62. The number of halogens is 1. The Labute approximate surface area is 129 Å². The molecule has 5 heteroatoms. The highest BCUT2D eigenvalue weighted by atomic mass is 35.5. The average molecular weight is 307 g/mol. The van der Waals surface area contributed by atoms with E-state index in [0.29, 0.717) is 5.88 Å². The average Bonchev–Trinajstić information content (AvgIpc) is 2.83. The van der Waals surface area contributed by atoms with E-state index in [-0.39, 0.29) is 24.5 Å². The van der Waals surface area contributed by atoms with Crippen LogP contribution in [0.5, 0.6) is 0 Å². The topological polar surface area (TPSA) is 40.6 Å². The molecule has 1 aromatic carbocycles. The van der Waals surface area contributed by atoms with Gasteiger partial charge in [0.05, 0.1) is 0 Å². The molecule has 0 spiro atoms. The van der Waals surface area contributed by atoms with Crippen molar-refractivity contribution in [3.8, 4) is 0 Å². The van der Waals surface area contributed by atoms with Crippen LogP contribution in [0.2, 0.25) is 0 Å². The maximum Gasteiger partial charge on any atom is 0.331 e. The number of hydrogen-bond acceptors (Lipinski definition) is 2. The van der Waals surface area contributed by atoms with Crippen LogP contribution in [0.4, 0.5) is 10.5 Å². The number of nitrogens with zero attached hydrogens (tertiary/aromatic N) is 2. The third kappa shape index (κ3) is 2.77. The van der Waals surface area contributed by atoms with Crippen LogP contribution in [0.3, 0.4) is 0 Å². The maximum absolute atomic E-state index is 12.6. The van der Waals surface area contributed by atoms with Gasteiger partial charge in [-0.25, -0.2) is 4.79 Å². The zero-order chi connectivity index (χ0) is 14.8. The molecule has 0 N–H and O–H groups in total. The second-order valence-electron chi connectivity index (χ2n) is 5.73. The van der Waals surface area contributed by atoms with Gasteiger partial charge in [-0.3, -0.25) is 14.6 Å². The molecule has 112 valence electrons. The van der Waals surface area contributed by atoms with Crippen LogP contribution in [-0.4, -0.2) is 29.4 Å². The van der Waals surface area contributed by atoms with E-state index in [1.807, 2.05) is 24.3 Å². The van der Waals surface area contributed by atoms with Crippen LogP contribution < -0.4 is 4.90 Å². The fourth-order valence-corrected chi connectivity index (χ4v) is 3.39. The smallest absolute Gasteiger partial charge is 0.285 e. The van der Waals surface area contributed by atoms with Crippen LogP contribution in [0, 0.1) is 0 Å². The summed E-state index contributed by atoms with van der Waals surface area (Å²) in [6.07, 6.45) is 5.28. The first-order chi connectivity index (χ1) is 10.2. The van der Waals surface area contributed by atoms with Gasteiger partial charge >= 0.3 is 6.03 Å². The number of benzene rings is 1. The molecule has 0 unspecified atom stereocenters. The van der Waals surface area contributed by atoms with Gasteiger partial charge in [0.25, 0.3) is 5.91 Å². The predicted octanol–water partition coefficient (Wildman–Crippen LogP) is 3.53. The van der Waals surface area contributed by atoms with E-state index in [2.05, 4.69) is 0 Å². The molecule has 0 aromatic heterocycles. The van der Waals surface area contributed by atoms with Gasteiger partial charge in [0.15, 0.2) is 0 Å². The molecule has 0 radical (unpaired) electrons. The minimum atomic E-state index is -0.182. The molecule has 1 saturated heterocycles. The van der Waals surface area contributed by atoms with Crippen LogP contribution in [0.25, 0.3) is 0 Å². The minimum Gasteiger partial charge on any atom is -0.285 e. The van der Waals surface area contributed by atoms with Crippen LogP contribution in [-0.2, 0) is 10.7 Å². The first-order valence-electron chi connectivity index (χ1n) is 7.49. The van der Waals surface area contributed by atoms with Crippen molar-refractivity contribution in [2.75, 3.05) is 11.4 Å². The summed E-state index contributed by atoms with van der Waals surface area (Å²) in [5, 5.41) is 0. The monoisotopic (exact) mass is 306 g/mol. The SMILES string of the molecule is O=C1CN(c2cccc(CCl)c2)C(=O)N1C1CCCCC1. The van der Waals surface area contributed by atoms with Gasteiger partial charge in [-0.2, -0.15) is 0 Å². The summed E-state index contributed by atoms with van der Waals surface area (Å²) in [6, 6.07) is 7.42. The molecular weight excluding hydrogens is 288 g/mol. The first-order valence-corrected chi connectivity index (χ1v) is 8.02. The van der Waals surface area contributed by atoms with Gasteiger partial charge in [0.1, 0.15) is 6.54 Å². The molecular formula is C16H19ClN2O2. The van der Waals surface area contributed by atoms with Gasteiger partial charge in [0.2, 0.25) is 0 Å². The Hall–Kier alpha value is -1.55. The van der Waals surface area contributed by atoms with E-state index in [9.17, 15) is 9.59 Å². The Morgan fingerprint density at radius 2 is 1.90 bits per heavy atom. The van der Waals surface area contributed by atoms with Gasteiger partial charge in [-0.1, -0.05) is 31.4 Å². The van der Waals surface area contributed by atoms with E-state index in [1.165, 1.54) is 11.3 Å². The zero-order valence-electron chi connectivity index (χ0n) is 11.9. The summed E-state index contributed by atoms with van der Waals surface area (Å²) >= 11 is 5.84. The van der Waals surface area contributed by atoms with Crippen LogP contribution in [0.1, 0.15) is 37.7 Å². The molecule has 1 aliphatic carbocycles. The first kappa shape index (κ1) is 14.4. The maximum atomic E-state index is 12.6. The number of urea groups is 1. The Morgan fingerprint density at radius 1 is 1.14 bits per heavy atom. The predicted molar refractivity (Wildman–Crippen MR) is 82.5 cm³/mol. The normalized spacial score (nSPS) is 20.4. The number of carbonyl (C=O) groups is 2. The summed E-state index contributed by atoms with van der Waals surface area (Å²) in [7, 11) is 0. The summed E-state index contributed by atoms with van der Waals surface area (Å²) in [4.78, 5) is 27.9. The minimum absolute atomic E-state index is 0.0804. The van der Waals surface area contributed by atoms with Crippen molar-refractivity contribution in [2.24, 2.45) is 0 Å². The molecule has 0 bridgehead atoms. The second-order valence-corrected chi connectivity index (χ2v) is 6.00. The second kappa shape index (κ2) is 6.06. The van der Waals surface area contributed by atoms with E-state index >= 15 is 0 Å². The quantitative estimate of drug-likeness (QED) is 0.633. The van der Waals surface area contributed by atoms with Crippen molar-refractivity contribution in [3.63, 3.8) is 0 Å². The molecule has 4 nitrogen and oxygen atoms in total. The number of amides is 3. The third-order valence-electron chi connectivity index (χ3n) is 4.32. The molecule has 2 aliphatic rings. The van der Waals surface area contributed by atoms with Gasteiger partial charge < -0.3 is 0 Å². The number of rotatable bonds is 3. The highest BCUT2D eigenvalue weighted by Crippen LogP contribution is 2.29. The zero-order valence-corrected chi connectivity index (χ0v) is 12.7. The number of anilines is 1. The van der Waals surface area contributed by atoms with Crippen LogP contribution >= 0.6 is 11.6 Å². The number of alkyl halides is 1. The van der Waals surface area contributed by atoms with Crippen molar-refractivity contribution in [1.29, 1.82) is 0 Å². The summed E-state index contributed by atoms with van der Waals surface area (Å²) in [5.74, 6) is 0.319. The summed E-state index contributed by atoms with van der Waals surface area (Å²) in [6.45, 7) is 0.140. The van der Waals surface area contributed by atoms with E-state index in [1.54, 1.807) is 4.90 Å². The molecule has 3 rings (SSSR count). The lowest BCUT2D eigenvalue weighted by molar-refractivity contribution is -0.126.